The van der Waals surface area contributed by atoms with Gasteiger partial charge in [-0.15, -0.1) is 0 Å². The minimum absolute atomic E-state index is 0.0397. The maximum absolute atomic E-state index is 13.6. The van der Waals surface area contributed by atoms with Gasteiger partial charge in [-0.25, -0.2) is 4.79 Å². The number of nitrogens with zero attached hydrogens (tertiary/aromatic N) is 3. The van der Waals surface area contributed by atoms with Gasteiger partial charge in [-0.1, -0.05) is 32.4 Å². The lowest BCUT2D eigenvalue weighted by Crippen LogP contribution is -2.53. The summed E-state index contributed by atoms with van der Waals surface area (Å²) in [6.07, 6.45) is 2.36. The SMILES string of the molecule is CC(C)(C)C1CC(Oc2ccc(-c3n[nH]c4ccc(NC(=O)C(c5ccsc5)N5CCCC5)cc34)cc2Cl)CCN1C(=O)O. The summed E-state index contributed by atoms with van der Waals surface area (Å²) in [5.41, 5.74) is 3.91. The zero-order valence-electron chi connectivity index (χ0n) is 25.2. The average molecular weight is 636 g/mol. The second-order valence-corrected chi connectivity index (χ2v) is 14.0. The van der Waals surface area contributed by atoms with Crippen LogP contribution in [0.1, 0.15) is 58.1 Å². The first-order valence-electron chi connectivity index (χ1n) is 15.1. The third-order valence-electron chi connectivity index (χ3n) is 8.74. The first-order chi connectivity index (χ1) is 21.1. The van der Waals surface area contributed by atoms with Gasteiger partial charge < -0.3 is 20.1 Å². The number of hydrogen-bond donors (Lipinski definition) is 3. The Kier molecular flexibility index (Phi) is 8.59. The molecular weight excluding hydrogens is 598 g/mol. The Morgan fingerprint density at radius 2 is 1.93 bits per heavy atom. The van der Waals surface area contributed by atoms with Gasteiger partial charge in [0.15, 0.2) is 0 Å². The molecule has 0 spiro atoms. The molecule has 6 rings (SSSR count). The highest BCUT2D eigenvalue weighted by molar-refractivity contribution is 7.08. The van der Waals surface area contributed by atoms with Crippen molar-refractivity contribution in [3.63, 3.8) is 0 Å². The Morgan fingerprint density at radius 1 is 1.14 bits per heavy atom. The Labute approximate surface area is 266 Å². The summed E-state index contributed by atoms with van der Waals surface area (Å²) in [6, 6.07) is 12.9. The van der Waals surface area contributed by atoms with Gasteiger partial charge in [-0.05, 0) is 90.1 Å². The first-order valence-corrected chi connectivity index (χ1v) is 16.4. The molecule has 3 N–H and O–H groups in total. The number of carbonyl (C=O) groups is 2. The quantitative estimate of drug-likeness (QED) is 0.192. The van der Waals surface area contributed by atoms with E-state index in [9.17, 15) is 14.7 Å². The Hall–Kier alpha value is -3.60. The van der Waals surface area contributed by atoms with Crippen LogP contribution in [0, 0.1) is 5.41 Å². The van der Waals surface area contributed by atoms with Crippen LogP contribution in [0.3, 0.4) is 0 Å². The van der Waals surface area contributed by atoms with Gasteiger partial charge in [-0.3, -0.25) is 14.8 Å². The van der Waals surface area contributed by atoms with E-state index in [1.165, 1.54) is 4.90 Å². The number of likely N-dealkylation sites (tertiary alicyclic amines) is 2. The summed E-state index contributed by atoms with van der Waals surface area (Å²) in [7, 11) is 0. The van der Waals surface area contributed by atoms with Crippen molar-refractivity contribution in [2.75, 3.05) is 25.0 Å². The number of H-pyrrole nitrogens is 1. The second kappa shape index (κ2) is 12.4. The van der Waals surface area contributed by atoms with Gasteiger partial charge in [0.05, 0.1) is 10.5 Å². The predicted molar refractivity (Wildman–Crippen MR) is 175 cm³/mol. The van der Waals surface area contributed by atoms with Crippen molar-refractivity contribution in [2.45, 2.75) is 64.6 Å². The molecule has 9 nitrogen and oxygen atoms in total. The van der Waals surface area contributed by atoms with Crippen LogP contribution >= 0.6 is 22.9 Å². The summed E-state index contributed by atoms with van der Waals surface area (Å²) in [5, 5.41) is 25.9. The molecule has 0 saturated carbocycles. The fraction of sp³-hybridized carbons (Fsp3) is 0.424. The van der Waals surface area contributed by atoms with Crippen LogP contribution in [0.5, 0.6) is 5.75 Å². The molecule has 4 heterocycles. The van der Waals surface area contributed by atoms with Gasteiger partial charge in [0, 0.05) is 42.1 Å². The Bertz CT molecular complexity index is 1640. The summed E-state index contributed by atoms with van der Waals surface area (Å²) in [6.45, 7) is 8.41. The minimum Gasteiger partial charge on any atom is -0.489 e. The van der Waals surface area contributed by atoms with Crippen molar-refractivity contribution in [2.24, 2.45) is 5.41 Å². The molecule has 2 aliphatic heterocycles. The van der Waals surface area contributed by atoms with E-state index in [0.717, 1.165) is 53.7 Å². The molecule has 2 aromatic carbocycles. The molecule has 44 heavy (non-hydrogen) atoms. The van der Waals surface area contributed by atoms with Crippen LogP contribution in [0.2, 0.25) is 5.02 Å². The van der Waals surface area contributed by atoms with Crippen molar-refractivity contribution in [1.82, 2.24) is 20.0 Å². The highest BCUT2D eigenvalue weighted by atomic mass is 35.5. The molecule has 3 unspecified atom stereocenters. The number of piperidine rings is 1. The number of aromatic amines is 1. The number of aromatic nitrogens is 2. The van der Waals surface area contributed by atoms with E-state index in [2.05, 4.69) is 46.6 Å². The van der Waals surface area contributed by atoms with Crippen LogP contribution < -0.4 is 10.1 Å². The fourth-order valence-electron chi connectivity index (χ4n) is 6.49. The maximum atomic E-state index is 13.6. The lowest BCUT2D eigenvalue weighted by molar-refractivity contribution is -0.121. The van der Waals surface area contributed by atoms with Gasteiger partial charge in [-0.2, -0.15) is 16.4 Å². The van der Waals surface area contributed by atoms with E-state index in [1.807, 2.05) is 47.8 Å². The fourth-order valence-corrected chi connectivity index (χ4v) is 7.40. The van der Waals surface area contributed by atoms with Crippen LogP contribution in [0.25, 0.3) is 22.2 Å². The number of carboxylic acid groups (broad SMARTS) is 1. The molecule has 11 heteroatoms. The molecule has 2 amide bonds. The zero-order valence-corrected chi connectivity index (χ0v) is 26.8. The minimum atomic E-state index is -0.895. The smallest absolute Gasteiger partial charge is 0.407 e. The average Bonchev–Trinajstić information content (AvgIpc) is 3.77. The van der Waals surface area contributed by atoms with Gasteiger partial charge >= 0.3 is 6.09 Å². The normalized spacial score (nSPS) is 20.1. The van der Waals surface area contributed by atoms with E-state index >= 15 is 0 Å². The van der Waals surface area contributed by atoms with E-state index in [1.54, 1.807) is 11.3 Å². The molecule has 0 aliphatic carbocycles. The standard InChI is InChI=1S/C33H38ClN5O4S/c1-33(2,3)28-18-23(10-14-39(28)32(41)42)43-27-9-6-20(16-25(27)34)29-24-17-22(7-8-26(24)36-37-29)35-31(40)30(21-11-15-44-19-21)38-12-4-5-13-38/h6-9,11,15-17,19,23,28,30H,4-5,10,12-14,18H2,1-3H3,(H,35,40)(H,36,37)(H,41,42). The van der Waals surface area contributed by atoms with Crippen LogP contribution in [0.4, 0.5) is 10.5 Å². The summed E-state index contributed by atoms with van der Waals surface area (Å²) < 4.78 is 6.33. The third-order valence-corrected chi connectivity index (χ3v) is 9.74. The topological polar surface area (TPSA) is 111 Å². The summed E-state index contributed by atoms with van der Waals surface area (Å²) in [5.74, 6) is 0.521. The Balaban J connectivity index is 1.20. The van der Waals surface area contributed by atoms with E-state index < -0.39 is 6.09 Å². The van der Waals surface area contributed by atoms with E-state index in [-0.39, 0.29) is 29.5 Å². The number of nitrogens with one attached hydrogen (secondary N) is 2. The van der Waals surface area contributed by atoms with Gasteiger partial charge in [0.25, 0.3) is 0 Å². The number of amides is 2. The number of halogens is 1. The molecule has 2 aliphatic rings. The maximum Gasteiger partial charge on any atom is 0.407 e. The van der Waals surface area contributed by atoms with E-state index in [4.69, 9.17) is 16.3 Å². The molecule has 0 radical (unpaired) electrons. The third kappa shape index (κ3) is 6.29. The molecular formula is C33H38ClN5O4S. The number of benzene rings is 2. The van der Waals surface area contributed by atoms with Gasteiger partial charge in [0.1, 0.15) is 23.6 Å². The predicted octanol–water partition coefficient (Wildman–Crippen LogP) is 7.66. The van der Waals surface area contributed by atoms with E-state index in [0.29, 0.717) is 35.8 Å². The number of carbonyl (C=O) groups excluding carboxylic acids is 1. The summed E-state index contributed by atoms with van der Waals surface area (Å²) >= 11 is 8.34. The Morgan fingerprint density at radius 3 is 2.61 bits per heavy atom. The lowest BCUT2D eigenvalue weighted by Gasteiger charge is -2.44. The molecule has 2 aromatic heterocycles. The molecule has 2 fully saturated rings. The highest BCUT2D eigenvalue weighted by Gasteiger charge is 2.39. The molecule has 3 atom stereocenters. The van der Waals surface area contributed by atoms with Crippen molar-refractivity contribution in [3.8, 4) is 17.0 Å². The van der Waals surface area contributed by atoms with Crippen molar-refractivity contribution >= 4 is 51.5 Å². The molecule has 2 saturated heterocycles. The van der Waals surface area contributed by atoms with Crippen LogP contribution in [0.15, 0.2) is 53.2 Å². The number of thiophene rings is 1. The van der Waals surface area contributed by atoms with Crippen molar-refractivity contribution < 1.29 is 19.4 Å². The van der Waals surface area contributed by atoms with Crippen LogP contribution in [-0.2, 0) is 4.79 Å². The molecule has 4 aromatic rings. The second-order valence-electron chi connectivity index (χ2n) is 12.8. The molecule has 0 bridgehead atoms. The largest absolute Gasteiger partial charge is 0.489 e. The first kappa shape index (κ1) is 30.4. The van der Waals surface area contributed by atoms with Crippen LogP contribution in [-0.4, -0.2) is 68.9 Å². The zero-order chi connectivity index (χ0) is 31.0. The number of fused-ring (bicyclic) bond motifs is 1. The number of hydrogen-bond acceptors (Lipinski definition) is 6. The lowest BCUT2D eigenvalue weighted by atomic mass is 9.80. The van der Waals surface area contributed by atoms with Gasteiger partial charge in [0.2, 0.25) is 5.91 Å². The number of ether oxygens (including phenoxy) is 1. The monoisotopic (exact) mass is 635 g/mol. The summed E-state index contributed by atoms with van der Waals surface area (Å²) in [4.78, 5) is 29.2. The van der Waals surface area contributed by atoms with Crippen molar-refractivity contribution in [1.29, 1.82) is 0 Å². The number of anilines is 1. The van der Waals surface area contributed by atoms with Crippen molar-refractivity contribution in [3.05, 3.63) is 63.8 Å². The highest BCUT2D eigenvalue weighted by Crippen LogP contribution is 2.38. The molecule has 232 valence electrons. The number of rotatable bonds is 7.